The lowest BCUT2D eigenvalue weighted by Gasteiger charge is -2.16. The molecule has 31 heavy (non-hydrogen) atoms. The van der Waals surface area contributed by atoms with Gasteiger partial charge in [0.25, 0.3) is 17.5 Å². The number of hydrogen-bond acceptors (Lipinski definition) is 6. The summed E-state index contributed by atoms with van der Waals surface area (Å²) in [5.74, 6) is -1.57. The van der Waals surface area contributed by atoms with Gasteiger partial charge in [-0.3, -0.25) is 24.6 Å². The lowest BCUT2D eigenvalue weighted by Crippen LogP contribution is -2.34. The number of nitrogens with zero attached hydrogens (tertiary/aromatic N) is 2. The summed E-state index contributed by atoms with van der Waals surface area (Å²) in [4.78, 5) is 37.6. The summed E-state index contributed by atoms with van der Waals surface area (Å²) in [5, 5.41) is 13.8. The predicted octanol–water partition coefficient (Wildman–Crippen LogP) is 3.74. The Hall–Kier alpha value is -3.59. The highest BCUT2D eigenvalue weighted by atomic mass is 19.1. The van der Waals surface area contributed by atoms with Gasteiger partial charge in [0.2, 0.25) is 0 Å². The Morgan fingerprint density at radius 3 is 2.45 bits per heavy atom. The Morgan fingerprint density at radius 1 is 1.13 bits per heavy atom. The van der Waals surface area contributed by atoms with Crippen LogP contribution in [0.1, 0.15) is 25.8 Å². The molecule has 2 amide bonds. The van der Waals surface area contributed by atoms with Crippen molar-refractivity contribution in [1.82, 2.24) is 4.90 Å². The summed E-state index contributed by atoms with van der Waals surface area (Å²) in [7, 11) is 0. The molecule has 0 bridgehead atoms. The zero-order chi connectivity index (χ0) is 22.5. The van der Waals surface area contributed by atoms with Crippen molar-refractivity contribution in [3.63, 3.8) is 0 Å². The molecule has 1 heterocycles. The third-order valence-corrected chi connectivity index (χ3v) is 4.61. The van der Waals surface area contributed by atoms with Crippen LogP contribution in [0.5, 0.6) is 0 Å². The highest BCUT2D eigenvalue weighted by Crippen LogP contribution is 2.31. The second-order valence-corrected chi connectivity index (χ2v) is 7.22. The van der Waals surface area contributed by atoms with Crippen molar-refractivity contribution in [2.75, 3.05) is 18.5 Å². The number of rotatable bonds is 9. The molecule has 8 nitrogen and oxygen atoms in total. The molecule has 0 unspecified atom stereocenters. The monoisotopic (exact) mass is 427 g/mol. The van der Waals surface area contributed by atoms with Gasteiger partial charge in [-0.2, -0.15) is 0 Å². The first-order chi connectivity index (χ1) is 14.8. The van der Waals surface area contributed by atoms with Crippen molar-refractivity contribution < 1.29 is 23.6 Å². The van der Waals surface area contributed by atoms with E-state index in [2.05, 4.69) is 5.32 Å². The summed E-state index contributed by atoms with van der Waals surface area (Å²) in [6, 6.07) is 10.9. The third kappa shape index (κ3) is 5.13. The normalized spacial score (nSPS) is 14.0. The van der Waals surface area contributed by atoms with Crippen LogP contribution in [0.25, 0.3) is 5.57 Å². The maximum atomic E-state index is 13.6. The van der Waals surface area contributed by atoms with Gasteiger partial charge in [-0.15, -0.1) is 0 Å². The number of benzene rings is 2. The van der Waals surface area contributed by atoms with Crippen molar-refractivity contribution in [2.45, 2.75) is 26.4 Å². The zero-order valence-electron chi connectivity index (χ0n) is 17.1. The van der Waals surface area contributed by atoms with Gasteiger partial charge in [-0.1, -0.05) is 6.07 Å². The molecule has 9 heteroatoms. The van der Waals surface area contributed by atoms with Gasteiger partial charge in [-0.25, -0.2) is 4.39 Å². The largest absolute Gasteiger partial charge is 0.379 e. The number of imide groups is 1. The van der Waals surface area contributed by atoms with E-state index in [0.717, 1.165) is 4.90 Å². The number of non-ortho nitro benzene ring substituents is 1. The Labute approximate surface area is 178 Å². The lowest BCUT2D eigenvalue weighted by molar-refractivity contribution is -0.384. The molecule has 0 fully saturated rings. The van der Waals surface area contributed by atoms with E-state index in [0.29, 0.717) is 24.3 Å². The zero-order valence-corrected chi connectivity index (χ0v) is 17.1. The number of anilines is 1. The van der Waals surface area contributed by atoms with Gasteiger partial charge in [0.05, 0.1) is 16.6 Å². The molecule has 3 rings (SSSR count). The Bertz CT molecular complexity index is 1030. The van der Waals surface area contributed by atoms with Gasteiger partial charge in [-0.05, 0) is 56.2 Å². The van der Waals surface area contributed by atoms with E-state index in [1.807, 2.05) is 13.8 Å². The fourth-order valence-electron chi connectivity index (χ4n) is 3.16. The van der Waals surface area contributed by atoms with Crippen LogP contribution >= 0.6 is 0 Å². The van der Waals surface area contributed by atoms with Crippen molar-refractivity contribution in [3.8, 4) is 0 Å². The van der Waals surface area contributed by atoms with Gasteiger partial charge in [0.1, 0.15) is 11.5 Å². The number of hydrogen-bond donors (Lipinski definition) is 1. The number of nitro groups is 1. The molecule has 1 aliphatic rings. The van der Waals surface area contributed by atoms with Crippen LogP contribution in [0.4, 0.5) is 15.8 Å². The smallest absolute Gasteiger partial charge is 0.278 e. The molecule has 0 spiro atoms. The summed E-state index contributed by atoms with van der Waals surface area (Å²) in [6.45, 7) is 4.31. The van der Waals surface area contributed by atoms with E-state index in [9.17, 15) is 24.1 Å². The van der Waals surface area contributed by atoms with Crippen LogP contribution in [-0.4, -0.2) is 40.9 Å². The van der Waals surface area contributed by atoms with E-state index in [4.69, 9.17) is 4.74 Å². The molecule has 0 aromatic heterocycles. The maximum Gasteiger partial charge on any atom is 0.278 e. The van der Waals surface area contributed by atoms with Gasteiger partial charge in [0.15, 0.2) is 0 Å². The van der Waals surface area contributed by atoms with Crippen molar-refractivity contribution in [2.24, 2.45) is 0 Å². The molecule has 1 N–H and O–H groups in total. The molecule has 0 atom stereocenters. The van der Waals surface area contributed by atoms with Crippen molar-refractivity contribution >= 4 is 28.8 Å². The summed E-state index contributed by atoms with van der Waals surface area (Å²) in [5.41, 5.74) is 0.593. The van der Waals surface area contributed by atoms with E-state index in [-0.39, 0.29) is 29.6 Å². The van der Waals surface area contributed by atoms with Gasteiger partial charge >= 0.3 is 0 Å². The number of amides is 2. The van der Waals surface area contributed by atoms with Gasteiger partial charge < -0.3 is 10.1 Å². The average molecular weight is 427 g/mol. The molecule has 0 saturated carbocycles. The maximum absolute atomic E-state index is 13.6. The minimum atomic E-state index is -0.549. The molecule has 0 aliphatic carbocycles. The molecule has 2 aromatic carbocycles. The molecule has 0 radical (unpaired) electrons. The van der Waals surface area contributed by atoms with Crippen molar-refractivity contribution in [3.05, 3.63) is 75.7 Å². The fourth-order valence-corrected chi connectivity index (χ4v) is 3.16. The van der Waals surface area contributed by atoms with Crippen LogP contribution in [0.2, 0.25) is 0 Å². The average Bonchev–Trinajstić information content (AvgIpc) is 2.95. The van der Waals surface area contributed by atoms with Crippen LogP contribution in [0.15, 0.2) is 54.2 Å². The predicted molar refractivity (Wildman–Crippen MR) is 112 cm³/mol. The van der Waals surface area contributed by atoms with E-state index in [1.165, 1.54) is 42.5 Å². The van der Waals surface area contributed by atoms with Gasteiger partial charge in [0, 0.05) is 31.0 Å². The fraction of sp³-hybridized carbons (Fsp3) is 0.273. The quantitative estimate of drug-likeness (QED) is 0.283. The van der Waals surface area contributed by atoms with Crippen LogP contribution in [0, 0.1) is 15.9 Å². The van der Waals surface area contributed by atoms with E-state index >= 15 is 0 Å². The molecule has 0 saturated heterocycles. The number of carbonyl (C=O) groups is 2. The Balaban J connectivity index is 1.92. The number of ether oxygens (including phenoxy) is 1. The van der Waals surface area contributed by atoms with Crippen LogP contribution < -0.4 is 5.32 Å². The topological polar surface area (TPSA) is 102 Å². The highest BCUT2D eigenvalue weighted by Gasteiger charge is 2.39. The lowest BCUT2D eigenvalue weighted by atomic mass is 10.0. The SMILES string of the molecule is CC(C)OCCCN1C(=O)C(Nc2cccc(F)c2)=C(c2ccc([N+](=O)[O-])cc2)C1=O. The van der Waals surface area contributed by atoms with E-state index in [1.54, 1.807) is 6.07 Å². The number of carbonyl (C=O) groups excluding carboxylic acids is 2. The Kier molecular flexibility index (Phi) is 6.76. The van der Waals surface area contributed by atoms with Crippen LogP contribution in [0.3, 0.4) is 0 Å². The summed E-state index contributed by atoms with van der Waals surface area (Å²) in [6.07, 6.45) is 0.486. The molecule has 2 aromatic rings. The first-order valence-electron chi connectivity index (χ1n) is 9.77. The second-order valence-electron chi connectivity index (χ2n) is 7.22. The first-order valence-corrected chi connectivity index (χ1v) is 9.77. The first kappa shape index (κ1) is 22.1. The minimum absolute atomic E-state index is 0.00534. The van der Waals surface area contributed by atoms with E-state index < -0.39 is 22.6 Å². The number of nitrogens with one attached hydrogen (secondary N) is 1. The van der Waals surface area contributed by atoms with Crippen molar-refractivity contribution in [1.29, 1.82) is 0 Å². The third-order valence-electron chi connectivity index (χ3n) is 4.61. The standard InChI is InChI=1S/C22H22FN3O5/c1-14(2)31-12-4-11-25-21(27)19(15-7-9-18(10-8-15)26(29)30)20(22(25)28)24-17-6-3-5-16(23)13-17/h3,5-10,13-14,24H,4,11-12H2,1-2H3. The summed E-state index contributed by atoms with van der Waals surface area (Å²) < 4.78 is 19.1. The Morgan fingerprint density at radius 2 is 1.84 bits per heavy atom. The number of nitro benzene ring substituents is 1. The molecular weight excluding hydrogens is 405 g/mol. The second kappa shape index (κ2) is 9.48. The highest BCUT2D eigenvalue weighted by molar-refractivity contribution is 6.36. The molecular formula is C22H22FN3O5. The molecule has 162 valence electrons. The van der Waals surface area contributed by atoms with Crippen LogP contribution in [-0.2, 0) is 14.3 Å². The molecule has 1 aliphatic heterocycles. The minimum Gasteiger partial charge on any atom is -0.379 e. The number of halogens is 1. The summed E-state index contributed by atoms with van der Waals surface area (Å²) >= 11 is 0.